The van der Waals surface area contributed by atoms with Gasteiger partial charge in [0.2, 0.25) is 11.8 Å². The Balaban J connectivity index is 0.00000161. The van der Waals surface area contributed by atoms with E-state index >= 15 is 0 Å². The number of nitrogens with two attached hydrogens (primary N) is 1. The highest BCUT2D eigenvalue weighted by atomic mass is 35.5. The van der Waals surface area contributed by atoms with Gasteiger partial charge >= 0.3 is 0 Å². The third-order valence-electron chi connectivity index (χ3n) is 3.80. The molecule has 2 atom stereocenters. The Morgan fingerprint density at radius 2 is 2.33 bits per heavy atom. The van der Waals surface area contributed by atoms with Gasteiger partial charge in [-0.3, -0.25) is 9.59 Å². The number of nitrogens with one attached hydrogen (secondary N) is 1. The fourth-order valence-electron chi connectivity index (χ4n) is 2.72. The highest BCUT2D eigenvalue weighted by Crippen LogP contribution is 2.47. The first-order valence-electron chi connectivity index (χ1n) is 6.48. The predicted molar refractivity (Wildman–Crippen MR) is 85.3 cm³/mol. The first-order valence-corrected chi connectivity index (χ1v) is 7.47. The minimum atomic E-state index is -0.405. The van der Waals surface area contributed by atoms with Gasteiger partial charge in [-0.2, -0.15) is 0 Å². The van der Waals surface area contributed by atoms with E-state index in [9.17, 15) is 9.59 Å². The van der Waals surface area contributed by atoms with Gasteiger partial charge in [0, 0.05) is 12.2 Å². The number of carbonyl (C=O) groups excluding carboxylic acids is 2. The molecule has 3 heterocycles. The number of hydrogen-bond donors (Lipinski definition) is 2. The van der Waals surface area contributed by atoms with E-state index in [4.69, 9.17) is 5.73 Å². The zero-order chi connectivity index (χ0) is 14.3. The normalized spacial score (nSPS) is 27.2. The number of amides is 2. The fourth-order valence-corrected chi connectivity index (χ4v) is 4.15. The molecule has 2 unspecified atom stereocenters. The third-order valence-corrected chi connectivity index (χ3v) is 5.31. The lowest BCUT2D eigenvalue weighted by atomic mass is 10.2. The summed E-state index contributed by atoms with van der Waals surface area (Å²) in [7, 11) is 0. The first-order chi connectivity index (χ1) is 9.49. The Bertz CT molecular complexity index is 568. The van der Waals surface area contributed by atoms with Crippen LogP contribution in [0.3, 0.4) is 0 Å². The van der Waals surface area contributed by atoms with Crippen LogP contribution in [0, 0.1) is 0 Å². The van der Waals surface area contributed by atoms with Crippen LogP contribution in [0.1, 0.15) is 19.8 Å². The van der Waals surface area contributed by atoms with Crippen molar-refractivity contribution in [1.29, 1.82) is 0 Å². The van der Waals surface area contributed by atoms with Crippen molar-refractivity contribution >= 4 is 47.5 Å². The Labute approximate surface area is 133 Å². The van der Waals surface area contributed by atoms with Crippen LogP contribution in [-0.2, 0) is 9.59 Å². The van der Waals surface area contributed by atoms with Crippen molar-refractivity contribution in [3.05, 3.63) is 18.3 Å². The van der Waals surface area contributed by atoms with Gasteiger partial charge in [-0.1, -0.05) is 0 Å². The zero-order valence-corrected chi connectivity index (χ0v) is 13.2. The standard InChI is InChI=1S/C13H16N4O2S.ClH/c1-13-5-4-11(18)17(13)9(7-20-13)12(19)16-8-2-3-10(14)15-6-8;/h2-3,6,9H,4-5,7H2,1H3,(H2,14,15)(H,16,19);1H. The number of nitrogen functional groups attached to an aromatic ring is 1. The van der Waals surface area contributed by atoms with Gasteiger partial charge in [-0.05, 0) is 25.5 Å². The second-order valence-electron chi connectivity index (χ2n) is 5.23. The number of anilines is 2. The summed E-state index contributed by atoms with van der Waals surface area (Å²) in [6.07, 6.45) is 2.85. The second-order valence-corrected chi connectivity index (χ2v) is 6.73. The zero-order valence-electron chi connectivity index (χ0n) is 11.5. The molecule has 2 amide bonds. The number of hydrogen-bond acceptors (Lipinski definition) is 5. The van der Waals surface area contributed by atoms with Gasteiger partial charge < -0.3 is 16.0 Å². The van der Waals surface area contributed by atoms with Crippen molar-refractivity contribution < 1.29 is 9.59 Å². The fraction of sp³-hybridized carbons (Fsp3) is 0.462. The summed E-state index contributed by atoms with van der Waals surface area (Å²) < 4.78 is 0. The van der Waals surface area contributed by atoms with Gasteiger partial charge in [0.15, 0.2) is 0 Å². The van der Waals surface area contributed by atoms with E-state index in [2.05, 4.69) is 10.3 Å². The minimum absolute atomic E-state index is 0. The maximum Gasteiger partial charge on any atom is 0.248 e. The number of thioether (sulfide) groups is 1. The van der Waals surface area contributed by atoms with Crippen molar-refractivity contribution in [2.24, 2.45) is 0 Å². The molecule has 1 aromatic rings. The van der Waals surface area contributed by atoms with E-state index in [0.29, 0.717) is 23.7 Å². The molecule has 0 spiro atoms. The quantitative estimate of drug-likeness (QED) is 0.858. The van der Waals surface area contributed by atoms with Crippen molar-refractivity contribution in [2.75, 3.05) is 16.8 Å². The van der Waals surface area contributed by atoms with Gasteiger partial charge in [-0.15, -0.1) is 24.2 Å². The molecule has 0 bridgehead atoms. The molecule has 3 rings (SSSR count). The van der Waals surface area contributed by atoms with E-state index in [1.165, 1.54) is 6.20 Å². The van der Waals surface area contributed by atoms with Crippen LogP contribution < -0.4 is 11.1 Å². The molecule has 6 nitrogen and oxygen atoms in total. The average molecular weight is 329 g/mol. The van der Waals surface area contributed by atoms with Crippen molar-refractivity contribution in [1.82, 2.24) is 9.88 Å². The molecule has 2 fully saturated rings. The molecule has 8 heteroatoms. The molecular formula is C13H17ClN4O2S. The highest BCUT2D eigenvalue weighted by molar-refractivity contribution is 8.01. The summed E-state index contributed by atoms with van der Waals surface area (Å²) in [6.45, 7) is 2.03. The summed E-state index contributed by atoms with van der Waals surface area (Å²) >= 11 is 1.68. The molecule has 2 aliphatic heterocycles. The number of carbonyl (C=O) groups is 2. The van der Waals surface area contributed by atoms with E-state index in [1.807, 2.05) is 6.92 Å². The molecule has 0 aromatic carbocycles. The lowest BCUT2D eigenvalue weighted by molar-refractivity contribution is -0.135. The summed E-state index contributed by atoms with van der Waals surface area (Å²) in [5.41, 5.74) is 6.10. The maximum atomic E-state index is 12.4. The second kappa shape index (κ2) is 5.73. The summed E-state index contributed by atoms with van der Waals surface area (Å²) in [5.74, 6) is 0.939. The van der Waals surface area contributed by atoms with Crippen LogP contribution in [-0.4, -0.2) is 38.4 Å². The van der Waals surface area contributed by atoms with Gasteiger partial charge in [0.1, 0.15) is 11.9 Å². The van der Waals surface area contributed by atoms with E-state index in [-0.39, 0.29) is 29.1 Å². The summed E-state index contributed by atoms with van der Waals surface area (Å²) in [4.78, 5) is 29.8. The SMILES string of the molecule is CC12CCC(=O)N1C(C(=O)Nc1ccc(N)nc1)CS2.Cl. The predicted octanol–water partition coefficient (Wildman–Crippen LogP) is 1.48. The van der Waals surface area contributed by atoms with Gasteiger partial charge in [0.25, 0.3) is 0 Å². The Hall–Kier alpha value is -1.47. The van der Waals surface area contributed by atoms with E-state index in [1.54, 1.807) is 28.8 Å². The molecule has 2 aliphatic rings. The highest BCUT2D eigenvalue weighted by Gasteiger charge is 2.52. The van der Waals surface area contributed by atoms with Crippen LogP contribution in [0.2, 0.25) is 0 Å². The molecule has 2 saturated heterocycles. The van der Waals surface area contributed by atoms with Gasteiger partial charge in [0.05, 0.1) is 16.8 Å². The van der Waals surface area contributed by atoms with Gasteiger partial charge in [-0.25, -0.2) is 4.98 Å². The number of rotatable bonds is 2. The van der Waals surface area contributed by atoms with Crippen molar-refractivity contribution in [2.45, 2.75) is 30.7 Å². The lowest BCUT2D eigenvalue weighted by Crippen LogP contribution is -2.48. The van der Waals surface area contributed by atoms with Crippen LogP contribution in [0.5, 0.6) is 0 Å². The molecule has 21 heavy (non-hydrogen) atoms. The molecule has 0 aliphatic carbocycles. The van der Waals surface area contributed by atoms with E-state index < -0.39 is 6.04 Å². The van der Waals surface area contributed by atoms with Crippen LogP contribution in [0.4, 0.5) is 11.5 Å². The molecule has 3 N–H and O–H groups in total. The van der Waals surface area contributed by atoms with Crippen LogP contribution >= 0.6 is 24.2 Å². The van der Waals surface area contributed by atoms with Crippen LogP contribution in [0.25, 0.3) is 0 Å². The summed E-state index contributed by atoms with van der Waals surface area (Å²) in [5, 5.41) is 2.80. The maximum absolute atomic E-state index is 12.4. The molecule has 114 valence electrons. The van der Waals surface area contributed by atoms with Crippen molar-refractivity contribution in [3.63, 3.8) is 0 Å². The Morgan fingerprint density at radius 1 is 1.57 bits per heavy atom. The van der Waals surface area contributed by atoms with E-state index in [0.717, 1.165) is 6.42 Å². The molecule has 0 radical (unpaired) electrons. The third kappa shape index (κ3) is 2.80. The van der Waals surface area contributed by atoms with Crippen LogP contribution in [0.15, 0.2) is 18.3 Å². The number of fused-ring (bicyclic) bond motifs is 1. The summed E-state index contributed by atoms with van der Waals surface area (Å²) in [6, 6.07) is 2.93. The average Bonchev–Trinajstić information content (AvgIpc) is 2.90. The molecule has 0 saturated carbocycles. The smallest absolute Gasteiger partial charge is 0.248 e. The Kier molecular flexibility index (Phi) is 4.34. The lowest BCUT2D eigenvalue weighted by Gasteiger charge is -2.29. The topological polar surface area (TPSA) is 88.3 Å². The number of aromatic nitrogens is 1. The first kappa shape index (κ1) is 15.9. The van der Waals surface area contributed by atoms with Crippen molar-refractivity contribution in [3.8, 4) is 0 Å². The monoisotopic (exact) mass is 328 g/mol. The number of nitrogens with zero attached hydrogens (tertiary/aromatic N) is 2. The molecular weight excluding hydrogens is 312 g/mol. The largest absolute Gasteiger partial charge is 0.384 e. The number of halogens is 1. The molecule has 1 aromatic heterocycles. The minimum Gasteiger partial charge on any atom is -0.384 e. The number of pyridine rings is 1. The Morgan fingerprint density at radius 3 is 3.00 bits per heavy atom.